The Balaban J connectivity index is 3.25. The SMILES string of the molecule is Cc1[nH]c(C(=O)O)c(C)c1C(=O)N(C)C(C)(C)CO. The first kappa shape index (κ1) is 15.2. The molecule has 0 aliphatic rings. The van der Waals surface area contributed by atoms with E-state index in [2.05, 4.69) is 4.98 Å². The summed E-state index contributed by atoms with van der Waals surface area (Å²) in [6.45, 7) is 6.55. The second-order valence-corrected chi connectivity index (χ2v) is 5.26. The molecule has 1 aromatic rings. The number of aromatic carboxylic acids is 1. The predicted octanol–water partition coefficient (Wildman–Crippen LogP) is 1.17. The number of hydrogen-bond donors (Lipinski definition) is 3. The lowest BCUT2D eigenvalue weighted by molar-refractivity contribution is 0.0472. The van der Waals surface area contributed by atoms with Crippen LogP contribution in [0.15, 0.2) is 0 Å². The molecule has 1 aromatic heterocycles. The largest absolute Gasteiger partial charge is 0.477 e. The van der Waals surface area contributed by atoms with Crippen LogP contribution in [0.5, 0.6) is 0 Å². The van der Waals surface area contributed by atoms with Crippen LogP contribution < -0.4 is 0 Å². The molecular weight excluding hydrogens is 248 g/mol. The number of aliphatic hydroxyl groups excluding tert-OH is 1. The molecule has 1 heterocycles. The molecule has 0 aliphatic heterocycles. The number of H-pyrrole nitrogens is 1. The van der Waals surface area contributed by atoms with E-state index in [9.17, 15) is 14.7 Å². The Morgan fingerprint density at radius 1 is 1.32 bits per heavy atom. The van der Waals surface area contributed by atoms with Gasteiger partial charge in [-0.05, 0) is 33.3 Å². The lowest BCUT2D eigenvalue weighted by Crippen LogP contribution is -2.47. The van der Waals surface area contributed by atoms with Crippen LogP contribution in [0.25, 0.3) is 0 Å². The highest BCUT2D eigenvalue weighted by atomic mass is 16.4. The minimum absolute atomic E-state index is 0.0241. The van der Waals surface area contributed by atoms with E-state index in [0.29, 0.717) is 16.8 Å². The zero-order valence-electron chi connectivity index (χ0n) is 11.9. The Labute approximate surface area is 112 Å². The van der Waals surface area contributed by atoms with E-state index in [1.54, 1.807) is 34.7 Å². The highest BCUT2D eigenvalue weighted by molar-refractivity contribution is 6.01. The van der Waals surface area contributed by atoms with E-state index in [-0.39, 0.29) is 18.2 Å². The fourth-order valence-electron chi connectivity index (χ4n) is 1.83. The maximum absolute atomic E-state index is 12.4. The smallest absolute Gasteiger partial charge is 0.352 e. The molecule has 6 heteroatoms. The van der Waals surface area contributed by atoms with Gasteiger partial charge in [-0.3, -0.25) is 4.79 Å². The average molecular weight is 268 g/mol. The number of aromatic nitrogens is 1. The first-order valence-electron chi connectivity index (χ1n) is 5.95. The highest BCUT2D eigenvalue weighted by Crippen LogP contribution is 2.22. The molecule has 19 heavy (non-hydrogen) atoms. The van der Waals surface area contributed by atoms with Crippen LogP contribution in [-0.4, -0.2) is 51.2 Å². The number of aryl methyl sites for hydroxylation is 1. The lowest BCUT2D eigenvalue weighted by atomic mass is 10.0. The third-order valence-electron chi connectivity index (χ3n) is 3.46. The van der Waals surface area contributed by atoms with Gasteiger partial charge < -0.3 is 20.1 Å². The summed E-state index contributed by atoms with van der Waals surface area (Å²) in [6, 6.07) is 0. The summed E-state index contributed by atoms with van der Waals surface area (Å²) in [5, 5.41) is 18.3. The first-order chi connectivity index (χ1) is 8.63. The molecule has 0 aliphatic carbocycles. The van der Waals surface area contributed by atoms with Gasteiger partial charge in [0.05, 0.1) is 17.7 Å². The van der Waals surface area contributed by atoms with E-state index >= 15 is 0 Å². The van der Waals surface area contributed by atoms with E-state index in [0.717, 1.165) is 0 Å². The normalized spacial score (nSPS) is 11.5. The van der Waals surface area contributed by atoms with Gasteiger partial charge in [-0.15, -0.1) is 0 Å². The molecule has 0 saturated heterocycles. The van der Waals surface area contributed by atoms with Crippen molar-refractivity contribution in [1.82, 2.24) is 9.88 Å². The zero-order chi connectivity index (χ0) is 15.0. The van der Waals surface area contributed by atoms with Crippen LogP contribution in [0, 0.1) is 13.8 Å². The van der Waals surface area contributed by atoms with Gasteiger partial charge in [-0.25, -0.2) is 4.79 Å². The number of amides is 1. The van der Waals surface area contributed by atoms with Crippen molar-refractivity contribution in [1.29, 1.82) is 0 Å². The van der Waals surface area contributed by atoms with E-state index in [1.807, 2.05) is 0 Å². The third-order valence-corrected chi connectivity index (χ3v) is 3.46. The minimum Gasteiger partial charge on any atom is -0.477 e. The molecule has 0 fully saturated rings. The number of likely N-dealkylation sites (N-methyl/N-ethyl adjacent to an activating group) is 1. The quantitative estimate of drug-likeness (QED) is 0.764. The fourth-order valence-corrected chi connectivity index (χ4v) is 1.83. The minimum atomic E-state index is -1.09. The Hall–Kier alpha value is -1.82. The Bertz CT molecular complexity index is 517. The van der Waals surface area contributed by atoms with Crippen molar-refractivity contribution in [2.45, 2.75) is 33.2 Å². The number of aliphatic hydroxyl groups is 1. The van der Waals surface area contributed by atoms with Gasteiger partial charge in [-0.1, -0.05) is 0 Å². The number of carboxylic acids is 1. The fraction of sp³-hybridized carbons (Fsp3) is 0.538. The maximum Gasteiger partial charge on any atom is 0.352 e. The molecule has 6 nitrogen and oxygen atoms in total. The van der Waals surface area contributed by atoms with Crippen LogP contribution in [0.4, 0.5) is 0 Å². The van der Waals surface area contributed by atoms with Gasteiger partial charge in [0.2, 0.25) is 0 Å². The summed E-state index contributed by atoms with van der Waals surface area (Å²) in [5.41, 5.74) is 0.588. The lowest BCUT2D eigenvalue weighted by Gasteiger charge is -2.34. The molecular formula is C13H20N2O4. The van der Waals surface area contributed by atoms with Gasteiger partial charge >= 0.3 is 5.97 Å². The summed E-state index contributed by atoms with van der Waals surface area (Å²) in [6.07, 6.45) is 0. The Morgan fingerprint density at radius 2 is 1.84 bits per heavy atom. The van der Waals surface area contributed by atoms with Crippen molar-refractivity contribution in [2.75, 3.05) is 13.7 Å². The summed E-state index contributed by atoms with van der Waals surface area (Å²) in [4.78, 5) is 27.6. The highest BCUT2D eigenvalue weighted by Gasteiger charge is 2.31. The molecule has 0 atom stereocenters. The molecule has 0 unspecified atom stereocenters. The third kappa shape index (κ3) is 2.63. The number of carbonyl (C=O) groups is 2. The number of nitrogens with one attached hydrogen (secondary N) is 1. The second-order valence-electron chi connectivity index (χ2n) is 5.26. The van der Waals surface area contributed by atoms with E-state index in [1.165, 1.54) is 4.90 Å². The molecule has 0 bridgehead atoms. The first-order valence-corrected chi connectivity index (χ1v) is 5.95. The maximum atomic E-state index is 12.4. The average Bonchev–Trinajstić information content (AvgIpc) is 2.63. The topological polar surface area (TPSA) is 93.6 Å². The molecule has 1 amide bonds. The number of carboxylic acid groups (broad SMARTS) is 1. The van der Waals surface area contributed by atoms with Gasteiger partial charge in [0, 0.05) is 12.7 Å². The van der Waals surface area contributed by atoms with Crippen molar-refractivity contribution in [3.05, 3.63) is 22.5 Å². The molecule has 1 rings (SSSR count). The number of carbonyl (C=O) groups excluding carboxylic acids is 1. The number of rotatable bonds is 4. The molecule has 0 radical (unpaired) electrons. The molecule has 0 aromatic carbocycles. The molecule has 106 valence electrons. The molecule has 0 saturated carbocycles. The Kier molecular flexibility index (Phi) is 4.05. The second kappa shape index (κ2) is 5.05. The van der Waals surface area contributed by atoms with Crippen molar-refractivity contribution >= 4 is 11.9 Å². The summed E-state index contributed by atoms with van der Waals surface area (Å²) in [7, 11) is 1.59. The Morgan fingerprint density at radius 3 is 2.21 bits per heavy atom. The molecule has 3 N–H and O–H groups in total. The van der Waals surface area contributed by atoms with Crippen LogP contribution in [-0.2, 0) is 0 Å². The zero-order valence-corrected chi connectivity index (χ0v) is 11.9. The van der Waals surface area contributed by atoms with Crippen LogP contribution in [0.3, 0.4) is 0 Å². The summed E-state index contributed by atoms with van der Waals surface area (Å²) >= 11 is 0. The van der Waals surface area contributed by atoms with Crippen molar-refractivity contribution in [3.63, 3.8) is 0 Å². The van der Waals surface area contributed by atoms with Crippen molar-refractivity contribution in [2.24, 2.45) is 0 Å². The number of nitrogens with zero attached hydrogens (tertiary/aromatic N) is 1. The number of hydrogen-bond acceptors (Lipinski definition) is 3. The van der Waals surface area contributed by atoms with E-state index < -0.39 is 11.5 Å². The molecule has 0 spiro atoms. The van der Waals surface area contributed by atoms with Crippen LogP contribution in [0.2, 0.25) is 0 Å². The van der Waals surface area contributed by atoms with Crippen LogP contribution >= 0.6 is 0 Å². The van der Waals surface area contributed by atoms with Crippen molar-refractivity contribution in [3.8, 4) is 0 Å². The van der Waals surface area contributed by atoms with E-state index in [4.69, 9.17) is 5.11 Å². The van der Waals surface area contributed by atoms with Crippen LogP contribution in [0.1, 0.15) is 46.0 Å². The van der Waals surface area contributed by atoms with Gasteiger partial charge in [0.15, 0.2) is 0 Å². The van der Waals surface area contributed by atoms with Crippen molar-refractivity contribution < 1.29 is 19.8 Å². The predicted molar refractivity (Wildman–Crippen MR) is 70.5 cm³/mol. The summed E-state index contributed by atoms with van der Waals surface area (Å²) in [5.74, 6) is -1.40. The monoisotopic (exact) mass is 268 g/mol. The standard InChI is InChI=1S/C13H20N2O4/c1-7-9(8(2)14-10(7)12(18)19)11(17)15(5)13(3,4)6-16/h14,16H,6H2,1-5H3,(H,18,19). The van der Waals surface area contributed by atoms with Gasteiger partial charge in [0.1, 0.15) is 5.69 Å². The number of aromatic amines is 1. The van der Waals surface area contributed by atoms with Gasteiger partial charge in [-0.2, -0.15) is 0 Å². The van der Waals surface area contributed by atoms with Gasteiger partial charge in [0.25, 0.3) is 5.91 Å². The summed E-state index contributed by atoms with van der Waals surface area (Å²) < 4.78 is 0.